The van der Waals surface area contributed by atoms with Crippen molar-refractivity contribution < 1.29 is 0 Å². The molecule has 2 aromatic carbocycles. The third kappa shape index (κ3) is 3.23. The van der Waals surface area contributed by atoms with E-state index in [1.165, 1.54) is 16.7 Å². The number of benzene rings is 2. The molecule has 0 heterocycles. The first kappa shape index (κ1) is 12.5. The van der Waals surface area contributed by atoms with Crippen LogP contribution in [0.4, 0.5) is 0 Å². The van der Waals surface area contributed by atoms with Gasteiger partial charge in [-0.1, -0.05) is 75.4 Å². The van der Waals surface area contributed by atoms with Crippen LogP contribution in [-0.2, 0) is 6.42 Å². The second-order valence-corrected chi connectivity index (χ2v) is 3.42. The Morgan fingerprint density at radius 3 is 1.69 bits per heavy atom. The quantitative estimate of drug-likeness (QED) is 0.661. The van der Waals surface area contributed by atoms with Gasteiger partial charge in [-0.3, -0.25) is 0 Å². The molecular weight excluding hydrogens is 192 g/mol. The third-order valence-electron chi connectivity index (χ3n) is 2.47. The van der Waals surface area contributed by atoms with Crippen LogP contribution in [0.15, 0.2) is 54.6 Å². The minimum absolute atomic E-state index is 1.11. The lowest BCUT2D eigenvalue weighted by Crippen LogP contribution is -1.80. The van der Waals surface area contributed by atoms with Crippen LogP contribution in [-0.4, -0.2) is 0 Å². The second kappa shape index (κ2) is 6.84. The Hall–Kier alpha value is -1.56. The summed E-state index contributed by atoms with van der Waals surface area (Å²) in [5, 5.41) is 0. The van der Waals surface area contributed by atoms with Gasteiger partial charge in [-0.05, 0) is 23.1 Å². The van der Waals surface area contributed by atoms with Crippen LogP contribution in [0.1, 0.15) is 26.3 Å². The fourth-order valence-corrected chi connectivity index (χ4v) is 1.56. The summed E-state index contributed by atoms with van der Waals surface area (Å²) in [6, 6.07) is 19.2. The van der Waals surface area contributed by atoms with Crippen molar-refractivity contribution >= 4 is 0 Å². The molecule has 0 aliphatic rings. The topological polar surface area (TPSA) is 0 Å². The molecule has 0 atom stereocenters. The maximum absolute atomic E-state index is 2.20. The van der Waals surface area contributed by atoms with Crippen molar-refractivity contribution in [2.24, 2.45) is 0 Å². The van der Waals surface area contributed by atoms with E-state index in [0.29, 0.717) is 0 Å². The normalized spacial score (nSPS) is 9.19. The molecule has 0 unspecified atom stereocenters. The van der Waals surface area contributed by atoms with Crippen molar-refractivity contribution in [3.05, 3.63) is 60.2 Å². The number of hydrogen-bond donors (Lipinski definition) is 0. The smallest absolute Gasteiger partial charge is 0.0184 e. The van der Waals surface area contributed by atoms with E-state index in [4.69, 9.17) is 0 Å². The van der Waals surface area contributed by atoms with E-state index in [-0.39, 0.29) is 0 Å². The summed E-state index contributed by atoms with van der Waals surface area (Å²) in [6.07, 6.45) is 1.11. The van der Waals surface area contributed by atoms with Crippen LogP contribution in [0, 0.1) is 0 Å². The van der Waals surface area contributed by atoms with Crippen LogP contribution in [0.3, 0.4) is 0 Å². The first-order chi connectivity index (χ1) is 7.90. The van der Waals surface area contributed by atoms with Gasteiger partial charge in [-0.25, -0.2) is 0 Å². The molecule has 0 fully saturated rings. The van der Waals surface area contributed by atoms with Crippen molar-refractivity contribution in [2.45, 2.75) is 27.2 Å². The summed E-state index contributed by atoms with van der Waals surface area (Å²) in [7, 11) is 0. The molecule has 0 N–H and O–H groups in total. The maximum Gasteiger partial charge on any atom is -0.0184 e. The Morgan fingerprint density at radius 1 is 0.688 bits per heavy atom. The predicted octanol–water partition coefficient (Wildman–Crippen LogP) is 4.94. The average molecular weight is 212 g/mol. The van der Waals surface area contributed by atoms with Crippen molar-refractivity contribution in [3.8, 4) is 11.1 Å². The zero-order valence-electron chi connectivity index (χ0n) is 10.4. The maximum atomic E-state index is 2.20. The Labute approximate surface area is 99.0 Å². The zero-order chi connectivity index (χ0) is 11.8. The molecule has 0 aliphatic carbocycles. The Morgan fingerprint density at radius 2 is 1.19 bits per heavy atom. The van der Waals surface area contributed by atoms with E-state index in [1.54, 1.807) is 0 Å². The molecule has 0 saturated heterocycles. The first-order valence-electron chi connectivity index (χ1n) is 6.04. The summed E-state index contributed by atoms with van der Waals surface area (Å²) < 4.78 is 0. The van der Waals surface area contributed by atoms with E-state index in [9.17, 15) is 0 Å². The molecule has 2 rings (SSSR count). The van der Waals surface area contributed by atoms with Gasteiger partial charge < -0.3 is 0 Å². The highest BCUT2D eigenvalue weighted by Crippen LogP contribution is 2.19. The first-order valence-corrected chi connectivity index (χ1v) is 6.04. The SMILES string of the molecule is CC.CCc1ccc(-c2ccccc2)cc1. The minimum Gasteiger partial charge on any atom is -0.0683 e. The fraction of sp³-hybridized carbons (Fsp3) is 0.250. The molecular formula is C16H20. The lowest BCUT2D eigenvalue weighted by Gasteiger charge is -2.02. The molecule has 2 aromatic rings. The largest absolute Gasteiger partial charge is 0.0683 e. The van der Waals surface area contributed by atoms with Gasteiger partial charge in [0.15, 0.2) is 0 Å². The molecule has 84 valence electrons. The Balaban J connectivity index is 0.000000606. The average Bonchev–Trinajstić information content (AvgIpc) is 2.42. The molecule has 0 heteroatoms. The minimum atomic E-state index is 1.11. The van der Waals surface area contributed by atoms with Crippen molar-refractivity contribution in [3.63, 3.8) is 0 Å². The van der Waals surface area contributed by atoms with Gasteiger partial charge in [-0.15, -0.1) is 0 Å². The van der Waals surface area contributed by atoms with Gasteiger partial charge in [-0.2, -0.15) is 0 Å². The van der Waals surface area contributed by atoms with Crippen molar-refractivity contribution in [1.29, 1.82) is 0 Å². The second-order valence-electron chi connectivity index (χ2n) is 3.42. The monoisotopic (exact) mass is 212 g/mol. The highest BCUT2D eigenvalue weighted by Gasteiger charge is 1.95. The highest BCUT2D eigenvalue weighted by atomic mass is 14.0. The van der Waals surface area contributed by atoms with Gasteiger partial charge in [0.2, 0.25) is 0 Å². The highest BCUT2D eigenvalue weighted by molar-refractivity contribution is 5.63. The number of hydrogen-bond acceptors (Lipinski definition) is 0. The van der Waals surface area contributed by atoms with E-state index in [2.05, 4.69) is 55.5 Å². The number of aryl methyl sites for hydroxylation is 1. The fourth-order valence-electron chi connectivity index (χ4n) is 1.56. The lowest BCUT2D eigenvalue weighted by atomic mass is 10.0. The molecule has 0 radical (unpaired) electrons. The zero-order valence-corrected chi connectivity index (χ0v) is 10.4. The summed E-state index contributed by atoms with van der Waals surface area (Å²) in [5.74, 6) is 0. The standard InChI is InChI=1S/C14H14.C2H6/c1-2-12-8-10-14(11-9-12)13-6-4-3-5-7-13;1-2/h3-11H,2H2,1H3;1-2H3. The molecule has 0 bridgehead atoms. The molecule has 0 spiro atoms. The van der Waals surface area contributed by atoms with Gasteiger partial charge >= 0.3 is 0 Å². The van der Waals surface area contributed by atoms with Crippen LogP contribution in [0.5, 0.6) is 0 Å². The summed E-state index contributed by atoms with van der Waals surface area (Å²) in [4.78, 5) is 0. The number of rotatable bonds is 2. The summed E-state index contributed by atoms with van der Waals surface area (Å²) in [6.45, 7) is 6.18. The van der Waals surface area contributed by atoms with Crippen molar-refractivity contribution in [1.82, 2.24) is 0 Å². The molecule has 0 saturated carbocycles. The predicted molar refractivity (Wildman–Crippen MR) is 72.6 cm³/mol. The van der Waals surface area contributed by atoms with Crippen LogP contribution < -0.4 is 0 Å². The lowest BCUT2D eigenvalue weighted by molar-refractivity contribution is 1.14. The van der Waals surface area contributed by atoms with E-state index in [1.807, 2.05) is 19.9 Å². The molecule has 16 heavy (non-hydrogen) atoms. The molecule has 0 aliphatic heterocycles. The van der Waals surface area contributed by atoms with Crippen LogP contribution in [0.25, 0.3) is 11.1 Å². The Bertz CT molecular complexity index is 384. The van der Waals surface area contributed by atoms with E-state index >= 15 is 0 Å². The van der Waals surface area contributed by atoms with Gasteiger partial charge in [0.25, 0.3) is 0 Å². The van der Waals surface area contributed by atoms with Gasteiger partial charge in [0, 0.05) is 0 Å². The van der Waals surface area contributed by atoms with Gasteiger partial charge in [0.1, 0.15) is 0 Å². The van der Waals surface area contributed by atoms with Crippen LogP contribution in [0.2, 0.25) is 0 Å². The third-order valence-corrected chi connectivity index (χ3v) is 2.47. The summed E-state index contributed by atoms with van der Waals surface area (Å²) >= 11 is 0. The molecule has 0 amide bonds. The van der Waals surface area contributed by atoms with E-state index < -0.39 is 0 Å². The molecule has 0 aromatic heterocycles. The van der Waals surface area contributed by atoms with E-state index in [0.717, 1.165) is 6.42 Å². The summed E-state index contributed by atoms with van der Waals surface area (Å²) in [5.41, 5.74) is 3.97. The Kier molecular flexibility index (Phi) is 5.35. The van der Waals surface area contributed by atoms with Crippen molar-refractivity contribution in [2.75, 3.05) is 0 Å². The van der Waals surface area contributed by atoms with Gasteiger partial charge in [0.05, 0.1) is 0 Å². The molecule has 0 nitrogen and oxygen atoms in total. The van der Waals surface area contributed by atoms with Crippen LogP contribution >= 0.6 is 0 Å².